The number of anilines is 3. The Hall–Kier alpha value is -5.10. The van der Waals surface area contributed by atoms with E-state index >= 15 is 4.39 Å². The maximum Gasteiger partial charge on any atom is 0.324 e. The first kappa shape index (κ1) is 33.8. The van der Waals surface area contributed by atoms with Crippen LogP contribution in [0.5, 0.6) is 0 Å². The molecule has 5 N–H and O–H groups in total. The summed E-state index contributed by atoms with van der Waals surface area (Å²) in [6.07, 6.45) is 6.59. The fourth-order valence-corrected chi connectivity index (χ4v) is 4.97. The lowest BCUT2D eigenvalue weighted by Gasteiger charge is -2.18. The molecule has 1 saturated carbocycles. The lowest BCUT2D eigenvalue weighted by Crippen LogP contribution is -2.32. The van der Waals surface area contributed by atoms with Crippen molar-refractivity contribution in [3.8, 4) is 23.1 Å². The van der Waals surface area contributed by atoms with Crippen molar-refractivity contribution in [1.29, 1.82) is 5.26 Å². The van der Waals surface area contributed by atoms with Gasteiger partial charge in [0.15, 0.2) is 5.82 Å². The Bertz CT molecular complexity index is 2020. The van der Waals surface area contributed by atoms with E-state index in [-0.39, 0.29) is 60.9 Å². The molecule has 0 amide bonds. The van der Waals surface area contributed by atoms with Crippen molar-refractivity contribution in [1.82, 2.24) is 29.3 Å². The highest BCUT2D eigenvalue weighted by atomic mass is 35.5. The van der Waals surface area contributed by atoms with E-state index in [1.165, 1.54) is 10.6 Å². The molecular formula is C30H29Cl2FN10O3. The Kier molecular flexibility index (Phi) is 10.2. The largest absolute Gasteiger partial charge is 0.460 e. The van der Waals surface area contributed by atoms with Gasteiger partial charge < -0.3 is 21.5 Å². The van der Waals surface area contributed by atoms with Crippen LogP contribution in [0.3, 0.4) is 0 Å². The molecule has 0 unspecified atom stereocenters. The van der Waals surface area contributed by atoms with Gasteiger partial charge in [-0.25, -0.2) is 4.39 Å². The van der Waals surface area contributed by atoms with Gasteiger partial charge in [0.25, 0.3) is 5.56 Å². The number of benzene rings is 2. The number of nitrogens with zero attached hydrogens (tertiary/aromatic N) is 7. The number of hydrogen-bond acceptors (Lipinski definition) is 11. The number of aryl methyl sites for hydroxylation is 1. The van der Waals surface area contributed by atoms with E-state index in [1.54, 1.807) is 54.6 Å². The summed E-state index contributed by atoms with van der Waals surface area (Å²) in [6, 6.07) is 10.6. The van der Waals surface area contributed by atoms with Gasteiger partial charge in [-0.3, -0.25) is 18.8 Å². The van der Waals surface area contributed by atoms with Crippen LogP contribution in [-0.2, 0) is 23.2 Å². The Balaban J connectivity index is 0.00000240. The number of pyridine rings is 1. The molecule has 13 nitrogen and oxygen atoms in total. The van der Waals surface area contributed by atoms with Gasteiger partial charge in [-0.2, -0.15) is 25.3 Å². The number of fused-ring (bicyclic) bond motifs is 1. The van der Waals surface area contributed by atoms with Crippen LogP contribution in [0.1, 0.15) is 36.3 Å². The Labute approximate surface area is 274 Å². The summed E-state index contributed by atoms with van der Waals surface area (Å²) < 4.78 is 23.7. The molecule has 3 aromatic heterocycles. The zero-order valence-electron chi connectivity index (χ0n) is 24.4. The number of nitrogens with two attached hydrogens (primary N) is 2. The molecule has 5 aromatic rings. The molecule has 1 fully saturated rings. The van der Waals surface area contributed by atoms with Crippen LogP contribution < -0.4 is 22.3 Å². The van der Waals surface area contributed by atoms with Crippen LogP contribution in [0.25, 0.3) is 27.8 Å². The maximum absolute atomic E-state index is 15.3. The third kappa shape index (κ3) is 6.91. The molecule has 46 heavy (non-hydrogen) atoms. The van der Waals surface area contributed by atoms with Crippen molar-refractivity contribution in [3.63, 3.8) is 0 Å². The maximum atomic E-state index is 15.3. The average Bonchev–Trinajstić information content (AvgIpc) is 3.77. The first-order valence-electron chi connectivity index (χ1n) is 13.8. The summed E-state index contributed by atoms with van der Waals surface area (Å²) in [5.41, 5.74) is 13.7. The van der Waals surface area contributed by atoms with Crippen molar-refractivity contribution in [2.45, 2.75) is 37.8 Å². The van der Waals surface area contributed by atoms with Gasteiger partial charge in [-0.05, 0) is 47.9 Å². The molecular weight excluding hydrogens is 638 g/mol. The third-order valence-electron chi connectivity index (χ3n) is 7.27. The van der Waals surface area contributed by atoms with E-state index in [0.29, 0.717) is 33.8 Å². The number of nitrogens with one attached hydrogen (secondary N) is 1. The predicted molar refractivity (Wildman–Crippen MR) is 174 cm³/mol. The zero-order chi connectivity index (χ0) is 31.0. The second kappa shape index (κ2) is 13.9. The quantitative estimate of drug-likeness (QED) is 0.192. The van der Waals surface area contributed by atoms with E-state index < -0.39 is 23.4 Å². The molecule has 1 aliphatic rings. The molecule has 0 spiro atoms. The molecule has 3 heterocycles. The summed E-state index contributed by atoms with van der Waals surface area (Å²) in [4.78, 5) is 39.3. The number of nitriles is 1. The topological polar surface area (TPSA) is 193 Å². The minimum absolute atomic E-state index is 0. The van der Waals surface area contributed by atoms with Crippen molar-refractivity contribution < 1.29 is 13.9 Å². The van der Waals surface area contributed by atoms with Gasteiger partial charge in [0.2, 0.25) is 11.9 Å². The van der Waals surface area contributed by atoms with Gasteiger partial charge in [-0.1, -0.05) is 18.2 Å². The number of rotatable bonds is 9. The molecule has 2 aromatic carbocycles. The van der Waals surface area contributed by atoms with Gasteiger partial charge in [0.05, 0.1) is 35.4 Å². The lowest BCUT2D eigenvalue weighted by atomic mass is 10.0. The monoisotopic (exact) mass is 666 g/mol. The van der Waals surface area contributed by atoms with Crippen LogP contribution in [0.2, 0.25) is 0 Å². The molecule has 16 heteroatoms. The normalized spacial score (nSPS) is 12.8. The van der Waals surface area contributed by atoms with E-state index in [9.17, 15) is 9.59 Å². The van der Waals surface area contributed by atoms with Gasteiger partial charge >= 0.3 is 5.97 Å². The number of hydrogen-bond donors (Lipinski definition) is 3. The van der Waals surface area contributed by atoms with Crippen LogP contribution >= 0.6 is 24.8 Å². The minimum atomic E-state index is -1.17. The highest BCUT2D eigenvalue weighted by molar-refractivity contribution is 5.86. The fourth-order valence-electron chi connectivity index (χ4n) is 4.97. The minimum Gasteiger partial charge on any atom is -0.460 e. The summed E-state index contributed by atoms with van der Waals surface area (Å²) in [5, 5.41) is 16.5. The summed E-state index contributed by atoms with van der Waals surface area (Å²) in [6.45, 7) is -0.367. The molecule has 1 atom stereocenters. The highest BCUT2D eigenvalue weighted by Gasteiger charge is 2.26. The van der Waals surface area contributed by atoms with Crippen LogP contribution in [-0.4, -0.2) is 41.3 Å². The second-order valence-electron chi connectivity index (χ2n) is 10.5. The molecule has 1 aliphatic carbocycles. The van der Waals surface area contributed by atoms with Crippen molar-refractivity contribution >= 4 is 59.1 Å². The molecule has 238 valence electrons. The summed E-state index contributed by atoms with van der Waals surface area (Å²) >= 11 is 0. The number of nitrogen functional groups attached to an aromatic ring is 1. The predicted octanol–water partition coefficient (Wildman–Crippen LogP) is 4.05. The smallest absolute Gasteiger partial charge is 0.324 e. The lowest BCUT2D eigenvalue weighted by molar-refractivity contribution is -0.146. The average molecular weight is 668 g/mol. The first-order valence-corrected chi connectivity index (χ1v) is 13.8. The van der Waals surface area contributed by atoms with Crippen LogP contribution in [0.15, 0.2) is 59.8 Å². The SMILES string of the molecule is Cl.Cl.Cn1cc(Nc2nc(N)nc(-c3cccc(-n4ccc5cc(C6CC6)cc(F)c5c4=O)c3COC(=O)[C@@H](N)CC#N)n2)cn1. The van der Waals surface area contributed by atoms with E-state index in [1.807, 2.05) is 12.1 Å². The fraction of sp³-hybridized carbons (Fsp3) is 0.233. The Morgan fingerprint density at radius 1 is 1.22 bits per heavy atom. The molecule has 0 aliphatic heterocycles. The highest BCUT2D eigenvalue weighted by Crippen LogP contribution is 2.41. The molecule has 6 rings (SSSR count). The standard InChI is InChI=1S/C30H27FN10O3.2ClH/c1-40-14-19(13-35-40)36-30-38-26(37-29(34)39-30)20-3-2-4-24(21(20)15-44-28(43)23(33)7-9-32)41-10-8-17-11-18(16-5-6-16)12-22(31)25(17)27(41)42;;/h2-4,8,10-14,16,23H,5-7,15,33H2,1H3,(H3,34,36,37,38,39);2*1H/t23-;;/m0../s1. The van der Waals surface area contributed by atoms with Crippen LogP contribution in [0.4, 0.5) is 22.0 Å². The first-order chi connectivity index (χ1) is 21.2. The van der Waals surface area contributed by atoms with Gasteiger partial charge in [-0.15, -0.1) is 24.8 Å². The number of halogens is 3. The van der Waals surface area contributed by atoms with E-state index in [4.69, 9.17) is 21.5 Å². The van der Waals surface area contributed by atoms with Crippen molar-refractivity contribution in [3.05, 3.63) is 82.3 Å². The number of aromatic nitrogens is 6. The number of carbonyl (C=O) groups excluding carboxylic acids is 1. The summed E-state index contributed by atoms with van der Waals surface area (Å²) in [7, 11) is 1.76. The third-order valence-corrected chi connectivity index (χ3v) is 7.27. The van der Waals surface area contributed by atoms with Gasteiger partial charge in [0.1, 0.15) is 18.5 Å². The number of carbonyl (C=O) groups is 1. The zero-order valence-corrected chi connectivity index (χ0v) is 26.0. The number of ether oxygens (including phenoxy) is 1. The Morgan fingerprint density at radius 2 is 2.00 bits per heavy atom. The Morgan fingerprint density at radius 3 is 2.70 bits per heavy atom. The van der Waals surface area contributed by atoms with Crippen LogP contribution in [0, 0.1) is 17.1 Å². The van der Waals surface area contributed by atoms with E-state index in [0.717, 1.165) is 18.4 Å². The second-order valence-corrected chi connectivity index (χ2v) is 10.5. The molecule has 0 bridgehead atoms. The summed E-state index contributed by atoms with van der Waals surface area (Å²) in [5.74, 6) is -0.958. The van der Waals surface area contributed by atoms with Gasteiger partial charge in [0, 0.05) is 30.6 Å². The molecule has 0 saturated heterocycles. The number of esters is 1. The van der Waals surface area contributed by atoms with Crippen molar-refractivity contribution in [2.24, 2.45) is 12.8 Å². The molecule has 0 radical (unpaired) electrons. The van der Waals surface area contributed by atoms with E-state index in [2.05, 4.69) is 25.4 Å². The van der Waals surface area contributed by atoms with Crippen molar-refractivity contribution in [2.75, 3.05) is 11.1 Å².